The molecule has 1 amide bonds. The molecule has 0 aromatic carbocycles. The maximum Gasteiger partial charge on any atom is 0.421 e. The van der Waals surface area contributed by atoms with Crippen molar-refractivity contribution in [2.45, 2.75) is 25.7 Å². The van der Waals surface area contributed by atoms with E-state index in [1.165, 1.54) is 6.20 Å². The van der Waals surface area contributed by atoms with Crippen molar-refractivity contribution in [1.82, 2.24) is 14.4 Å². The summed E-state index contributed by atoms with van der Waals surface area (Å²) in [5, 5.41) is 0. The second kappa shape index (κ2) is 6.35. The topological polar surface area (TPSA) is 45.6 Å². The minimum absolute atomic E-state index is 0.206. The number of amides is 1. The molecule has 8 heteroatoms. The van der Waals surface area contributed by atoms with E-state index in [1.54, 1.807) is 4.90 Å². The highest BCUT2D eigenvalue weighted by atomic mass is 19.4. The number of likely N-dealkylation sites (tertiary alicyclic amines) is 1. The Kier molecular flexibility index (Phi) is 4.84. The Bertz CT molecular complexity index is 640. The zero-order valence-corrected chi connectivity index (χ0v) is 13.3. The van der Waals surface area contributed by atoms with Crippen LogP contribution in [-0.2, 0) is 17.5 Å². The van der Waals surface area contributed by atoms with Crippen LogP contribution in [0, 0.1) is 5.92 Å². The molecule has 1 aliphatic heterocycles. The molecule has 0 aliphatic carbocycles. The minimum Gasteiger partial charge on any atom is -0.339 e. The fraction of sp³-hybridized carbons (Fsp3) is 0.600. The van der Waals surface area contributed by atoms with Gasteiger partial charge in [0, 0.05) is 25.3 Å². The van der Waals surface area contributed by atoms with E-state index >= 15 is 0 Å². The first-order valence-corrected chi connectivity index (χ1v) is 7.32. The molecule has 0 saturated carbocycles. The molecule has 0 radical (unpaired) electrons. The second-order valence-electron chi connectivity index (χ2n) is 6.16. The summed E-state index contributed by atoms with van der Waals surface area (Å²) < 4.78 is 39.1. The van der Waals surface area contributed by atoms with Gasteiger partial charge in [0.1, 0.15) is 12.1 Å². The highest BCUT2D eigenvalue weighted by Crippen LogP contribution is 2.26. The van der Waals surface area contributed by atoms with Crippen molar-refractivity contribution in [2.24, 2.45) is 5.92 Å². The first-order chi connectivity index (χ1) is 10.6. The molecule has 1 saturated heterocycles. The Morgan fingerprint density at radius 2 is 2.00 bits per heavy atom. The van der Waals surface area contributed by atoms with Gasteiger partial charge in [-0.15, -0.1) is 0 Å². The third-order valence-corrected chi connectivity index (χ3v) is 4.22. The van der Waals surface area contributed by atoms with E-state index < -0.39 is 17.3 Å². The van der Waals surface area contributed by atoms with Crippen molar-refractivity contribution in [3.05, 3.63) is 34.2 Å². The van der Waals surface area contributed by atoms with E-state index in [4.69, 9.17) is 0 Å². The van der Waals surface area contributed by atoms with Gasteiger partial charge in [0.05, 0.1) is 0 Å². The molecule has 1 aromatic heterocycles. The predicted octanol–water partition coefficient (Wildman–Crippen LogP) is 1.28. The van der Waals surface area contributed by atoms with Gasteiger partial charge in [-0.05, 0) is 32.1 Å². The molecule has 2 heterocycles. The summed E-state index contributed by atoms with van der Waals surface area (Å²) in [5.74, 6) is -0.0743. The molecule has 128 valence electrons. The first-order valence-electron chi connectivity index (χ1n) is 7.32. The molecule has 0 N–H and O–H groups in total. The summed E-state index contributed by atoms with van der Waals surface area (Å²) in [6.45, 7) is 2.69. The molecule has 0 bridgehead atoms. The van der Waals surface area contributed by atoms with Crippen LogP contribution in [0.15, 0.2) is 23.1 Å². The van der Waals surface area contributed by atoms with Crippen LogP contribution in [0.3, 0.4) is 0 Å². The average molecular weight is 331 g/mol. The van der Waals surface area contributed by atoms with Gasteiger partial charge in [0.2, 0.25) is 5.91 Å². The Morgan fingerprint density at radius 1 is 1.35 bits per heavy atom. The maximum absolute atomic E-state index is 12.7. The summed E-state index contributed by atoms with van der Waals surface area (Å²) in [4.78, 5) is 27.8. The number of nitrogens with zero attached hydrogens (tertiary/aromatic N) is 3. The van der Waals surface area contributed by atoms with Crippen molar-refractivity contribution in [3.8, 4) is 0 Å². The summed E-state index contributed by atoms with van der Waals surface area (Å²) >= 11 is 0. The number of pyridine rings is 1. The SMILES string of the molecule is C[C@H]1CN(C(=O)Cn2cccc(C(F)(F)F)c2=O)C[C@H]1N(C)C. The number of carbonyl (C=O) groups is 1. The Hall–Kier alpha value is -1.83. The Labute approximate surface area is 132 Å². The fourth-order valence-corrected chi connectivity index (χ4v) is 2.95. The van der Waals surface area contributed by atoms with Crippen molar-refractivity contribution in [3.63, 3.8) is 0 Å². The van der Waals surface area contributed by atoms with Crippen LogP contribution in [0.4, 0.5) is 13.2 Å². The standard InChI is InChI=1S/C15H20F3N3O2/c1-10-7-21(8-12(10)19(2)3)13(22)9-20-6-4-5-11(14(20)23)15(16,17)18/h4-6,10,12H,7-9H2,1-3H3/t10-,12+/m0/s1. The number of rotatable bonds is 3. The highest BCUT2D eigenvalue weighted by Gasteiger charge is 2.36. The van der Waals surface area contributed by atoms with Gasteiger partial charge in [0.15, 0.2) is 0 Å². The third kappa shape index (κ3) is 3.74. The molecule has 0 unspecified atom stereocenters. The van der Waals surface area contributed by atoms with Crippen molar-refractivity contribution in [2.75, 3.05) is 27.2 Å². The number of likely N-dealkylation sites (N-methyl/N-ethyl adjacent to an activating group) is 1. The van der Waals surface area contributed by atoms with Crippen LogP contribution in [-0.4, -0.2) is 53.5 Å². The van der Waals surface area contributed by atoms with Crippen LogP contribution in [0.25, 0.3) is 0 Å². The second-order valence-corrected chi connectivity index (χ2v) is 6.16. The lowest BCUT2D eigenvalue weighted by Crippen LogP contribution is -2.38. The Morgan fingerprint density at radius 3 is 2.52 bits per heavy atom. The average Bonchev–Trinajstić information content (AvgIpc) is 2.82. The molecule has 0 spiro atoms. The van der Waals surface area contributed by atoms with E-state index in [2.05, 4.69) is 0 Å². The van der Waals surface area contributed by atoms with Gasteiger partial charge >= 0.3 is 6.18 Å². The van der Waals surface area contributed by atoms with E-state index in [-0.39, 0.29) is 24.4 Å². The lowest BCUT2D eigenvalue weighted by molar-refractivity contribution is -0.139. The largest absolute Gasteiger partial charge is 0.421 e. The predicted molar refractivity (Wildman–Crippen MR) is 78.9 cm³/mol. The number of aromatic nitrogens is 1. The van der Waals surface area contributed by atoms with E-state index in [0.29, 0.717) is 13.1 Å². The quantitative estimate of drug-likeness (QED) is 0.838. The number of alkyl halides is 3. The van der Waals surface area contributed by atoms with Gasteiger partial charge < -0.3 is 14.4 Å². The number of hydrogen-bond donors (Lipinski definition) is 0. The summed E-state index contributed by atoms with van der Waals surface area (Å²) in [7, 11) is 3.85. The van der Waals surface area contributed by atoms with Crippen molar-refractivity contribution in [1.29, 1.82) is 0 Å². The van der Waals surface area contributed by atoms with Crippen LogP contribution in [0.2, 0.25) is 0 Å². The Balaban J connectivity index is 2.15. The van der Waals surface area contributed by atoms with Crippen LogP contribution in [0.1, 0.15) is 12.5 Å². The maximum atomic E-state index is 12.7. The number of halogens is 3. The van der Waals surface area contributed by atoms with Gasteiger partial charge in [-0.1, -0.05) is 6.92 Å². The van der Waals surface area contributed by atoms with Crippen LogP contribution >= 0.6 is 0 Å². The first kappa shape index (κ1) is 17.5. The lowest BCUT2D eigenvalue weighted by atomic mass is 10.1. The van der Waals surface area contributed by atoms with Gasteiger partial charge in [-0.3, -0.25) is 9.59 Å². The fourth-order valence-electron chi connectivity index (χ4n) is 2.95. The van der Waals surface area contributed by atoms with Gasteiger partial charge in [-0.25, -0.2) is 0 Å². The van der Waals surface area contributed by atoms with Gasteiger partial charge in [-0.2, -0.15) is 13.2 Å². The molecule has 1 fully saturated rings. The number of hydrogen-bond acceptors (Lipinski definition) is 3. The number of carbonyl (C=O) groups excluding carboxylic acids is 1. The summed E-state index contributed by atoms with van der Waals surface area (Å²) in [6, 6.07) is 2.06. The minimum atomic E-state index is -4.72. The zero-order chi connectivity index (χ0) is 17.4. The van der Waals surface area contributed by atoms with Gasteiger partial charge in [0.25, 0.3) is 5.56 Å². The van der Waals surface area contributed by atoms with Crippen molar-refractivity contribution < 1.29 is 18.0 Å². The molecular formula is C15H20F3N3O2. The molecule has 5 nitrogen and oxygen atoms in total. The van der Waals surface area contributed by atoms with E-state index in [0.717, 1.165) is 16.7 Å². The van der Waals surface area contributed by atoms with Crippen LogP contribution in [0.5, 0.6) is 0 Å². The molecule has 1 aliphatic rings. The van der Waals surface area contributed by atoms with Crippen LogP contribution < -0.4 is 5.56 Å². The third-order valence-electron chi connectivity index (χ3n) is 4.22. The van der Waals surface area contributed by atoms with E-state index in [1.807, 2.05) is 25.9 Å². The zero-order valence-electron chi connectivity index (χ0n) is 13.3. The van der Waals surface area contributed by atoms with Crippen molar-refractivity contribution >= 4 is 5.91 Å². The van der Waals surface area contributed by atoms with E-state index in [9.17, 15) is 22.8 Å². The summed E-state index contributed by atoms with van der Waals surface area (Å²) in [5.41, 5.74) is -2.45. The molecule has 2 atom stereocenters. The normalized spacial score (nSPS) is 22.0. The molecule has 1 aromatic rings. The lowest BCUT2D eigenvalue weighted by Gasteiger charge is -2.22. The molecule has 23 heavy (non-hydrogen) atoms. The monoisotopic (exact) mass is 331 g/mol. The smallest absolute Gasteiger partial charge is 0.339 e. The highest BCUT2D eigenvalue weighted by molar-refractivity contribution is 5.76. The molecular weight excluding hydrogens is 311 g/mol. The molecule has 2 rings (SSSR count). The summed E-state index contributed by atoms with van der Waals surface area (Å²) in [6.07, 6.45) is -3.51.